The van der Waals surface area contributed by atoms with Crippen molar-refractivity contribution in [2.45, 2.75) is 75.9 Å². The Balaban J connectivity index is 1.26. The van der Waals surface area contributed by atoms with E-state index in [1.54, 1.807) is 14.2 Å². The second-order valence-corrected chi connectivity index (χ2v) is 9.86. The zero-order chi connectivity index (χ0) is 23.9. The van der Waals surface area contributed by atoms with Crippen molar-refractivity contribution in [3.63, 3.8) is 0 Å². The van der Waals surface area contributed by atoms with Gasteiger partial charge in [0.25, 0.3) is 0 Å². The fourth-order valence-corrected chi connectivity index (χ4v) is 5.67. The van der Waals surface area contributed by atoms with Crippen molar-refractivity contribution in [2.24, 2.45) is 0 Å². The Morgan fingerprint density at radius 3 is 2.26 bits per heavy atom. The van der Waals surface area contributed by atoms with E-state index >= 15 is 0 Å². The molecule has 1 unspecified atom stereocenters. The van der Waals surface area contributed by atoms with Gasteiger partial charge < -0.3 is 25.0 Å². The number of methoxy groups -OCH3 is 2. The molecule has 2 heterocycles. The van der Waals surface area contributed by atoms with Crippen LogP contribution in [0.3, 0.4) is 0 Å². The van der Waals surface area contributed by atoms with Crippen LogP contribution in [0, 0.1) is 0 Å². The van der Waals surface area contributed by atoms with E-state index in [9.17, 15) is 9.59 Å². The van der Waals surface area contributed by atoms with Crippen LogP contribution in [0.25, 0.3) is 0 Å². The number of urea groups is 1. The zero-order valence-corrected chi connectivity index (χ0v) is 20.7. The third kappa shape index (κ3) is 6.14. The SMILES string of the molecule is COc1ccc(OC)c(C2CCCN2C(=O)CN2CCC(NC(=O)NC3CCCCC3)CC2)c1. The number of carbonyl (C=O) groups excluding carboxylic acids is 2. The minimum Gasteiger partial charge on any atom is -0.497 e. The lowest BCUT2D eigenvalue weighted by molar-refractivity contribution is -0.133. The third-order valence-electron chi connectivity index (χ3n) is 7.59. The smallest absolute Gasteiger partial charge is 0.315 e. The van der Waals surface area contributed by atoms with Crippen LogP contribution in [0.15, 0.2) is 18.2 Å². The molecule has 2 saturated heterocycles. The molecule has 1 aromatic rings. The van der Waals surface area contributed by atoms with E-state index in [1.807, 2.05) is 23.1 Å². The van der Waals surface area contributed by atoms with Crippen molar-refractivity contribution in [2.75, 3.05) is 40.4 Å². The predicted octanol–water partition coefficient (Wildman–Crippen LogP) is 3.46. The average Bonchev–Trinajstić information content (AvgIpc) is 3.35. The van der Waals surface area contributed by atoms with Gasteiger partial charge in [0.15, 0.2) is 0 Å². The van der Waals surface area contributed by atoms with Gasteiger partial charge in [-0.05, 0) is 56.7 Å². The van der Waals surface area contributed by atoms with Crippen LogP contribution in [0.1, 0.15) is 69.4 Å². The maximum Gasteiger partial charge on any atom is 0.315 e. The molecule has 1 atom stereocenters. The number of nitrogens with one attached hydrogen (secondary N) is 2. The Morgan fingerprint density at radius 2 is 1.59 bits per heavy atom. The molecule has 1 aromatic carbocycles. The summed E-state index contributed by atoms with van der Waals surface area (Å²) in [6.07, 6.45) is 9.54. The van der Waals surface area contributed by atoms with Crippen molar-refractivity contribution in [1.29, 1.82) is 0 Å². The van der Waals surface area contributed by atoms with Crippen molar-refractivity contribution in [3.05, 3.63) is 23.8 Å². The van der Waals surface area contributed by atoms with Gasteiger partial charge in [-0.2, -0.15) is 0 Å². The highest BCUT2D eigenvalue weighted by Gasteiger charge is 2.33. The number of rotatable bonds is 7. The molecule has 3 fully saturated rings. The number of likely N-dealkylation sites (tertiary alicyclic amines) is 2. The first-order valence-corrected chi connectivity index (χ1v) is 12.9. The number of amides is 3. The molecule has 8 nitrogen and oxygen atoms in total. The summed E-state index contributed by atoms with van der Waals surface area (Å²) in [7, 11) is 3.32. The fraction of sp³-hybridized carbons (Fsp3) is 0.692. The summed E-state index contributed by atoms with van der Waals surface area (Å²) in [6.45, 7) is 2.83. The number of nitrogens with zero attached hydrogens (tertiary/aromatic N) is 2. The summed E-state index contributed by atoms with van der Waals surface area (Å²) in [4.78, 5) is 29.8. The van der Waals surface area contributed by atoms with Crippen LogP contribution in [-0.2, 0) is 4.79 Å². The van der Waals surface area contributed by atoms with Crippen LogP contribution < -0.4 is 20.1 Å². The third-order valence-corrected chi connectivity index (χ3v) is 7.59. The molecule has 2 aliphatic heterocycles. The summed E-state index contributed by atoms with van der Waals surface area (Å²) in [5.74, 6) is 1.73. The number of carbonyl (C=O) groups is 2. The van der Waals surface area contributed by atoms with Gasteiger partial charge in [-0.15, -0.1) is 0 Å². The summed E-state index contributed by atoms with van der Waals surface area (Å²) in [5.41, 5.74) is 1.01. The van der Waals surface area contributed by atoms with Gasteiger partial charge in [0.2, 0.25) is 5.91 Å². The van der Waals surface area contributed by atoms with Crippen LogP contribution in [0.4, 0.5) is 4.79 Å². The molecule has 1 saturated carbocycles. The highest BCUT2D eigenvalue weighted by atomic mass is 16.5. The van der Waals surface area contributed by atoms with E-state index in [0.717, 1.165) is 75.2 Å². The quantitative estimate of drug-likeness (QED) is 0.635. The summed E-state index contributed by atoms with van der Waals surface area (Å²) in [6, 6.07) is 6.27. The molecular weight excluding hydrogens is 432 g/mol. The Hall–Kier alpha value is -2.48. The van der Waals surface area contributed by atoms with E-state index in [0.29, 0.717) is 12.6 Å². The summed E-state index contributed by atoms with van der Waals surface area (Å²) < 4.78 is 11.0. The van der Waals surface area contributed by atoms with Gasteiger partial charge in [0.05, 0.1) is 26.8 Å². The zero-order valence-electron chi connectivity index (χ0n) is 20.7. The number of piperidine rings is 1. The normalized spacial score (nSPS) is 22.4. The van der Waals surface area contributed by atoms with Crippen LogP contribution in [0.2, 0.25) is 0 Å². The monoisotopic (exact) mass is 472 g/mol. The van der Waals surface area contributed by atoms with Gasteiger partial charge in [-0.1, -0.05) is 19.3 Å². The largest absolute Gasteiger partial charge is 0.497 e. The second-order valence-electron chi connectivity index (χ2n) is 9.86. The van der Waals surface area contributed by atoms with Crippen LogP contribution in [-0.4, -0.2) is 74.2 Å². The van der Waals surface area contributed by atoms with Crippen LogP contribution >= 0.6 is 0 Å². The van der Waals surface area contributed by atoms with Gasteiger partial charge in [0, 0.05) is 37.3 Å². The first kappa shape index (κ1) is 24.6. The Kier molecular flexibility index (Phi) is 8.53. The van der Waals surface area contributed by atoms with Gasteiger partial charge in [-0.25, -0.2) is 4.79 Å². The first-order valence-electron chi connectivity index (χ1n) is 12.9. The number of hydrogen-bond acceptors (Lipinski definition) is 5. The van der Waals surface area contributed by atoms with E-state index < -0.39 is 0 Å². The van der Waals surface area contributed by atoms with E-state index in [1.165, 1.54) is 19.3 Å². The standard InChI is InChI=1S/C26H40N4O4/c1-33-21-10-11-24(34-2)22(17-21)23-9-6-14-30(23)25(31)18-29-15-12-20(13-16-29)28-26(32)27-19-7-4-3-5-8-19/h10-11,17,19-20,23H,3-9,12-16,18H2,1-2H3,(H2,27,28,32). The summed E-state index contributed by atoms with van der Waals surface area (Å²) in [5, 5.41) is 6.29. The molecule has 2 N–H and O–H groups in total. The lowest BCUT2D eigenvalue weighted by Gasteiger charge is -2.34. The fourth-order valence-electron chi connectivity index (χ4n) is 5.67. The van der Waals surface area contributed by atoms with E-state index in [2.05, 4.69) is 15.5 Å². The van der Waals surface area contributed by atoms with Gasteiger partial charge in [0.1, 0.15) is 11.5 Å². The minimum atomic E-state index is -0.0337. The Labute approximate surface area is 203 Å². The number of hydrogen-bond donors (Lipinski definition) is 2. The molecule has 3 amide bonds. The molecular formula is C26H40N4O4. The minimum absolute atomic E-state index is 0.0141. The predicted molar refractivity (Wildman–Crippen MR) is 131 cm³/mol. The Bertz CT molecular complexity index is 834. The van der Waals surface area contributed by atoms with Crippen molar-refractivity contribution in [3.8, 4) is 11.5 Å². The maximum absolute atomic E-state index is 13.3. The second kappa shape index (κ2) is 11.8. The molecule has 3 aliphatic rings. The highest BCUT2D eigenvalue weighted by molar-refractivity contribution is 5.79. The molecule has 4 rings (SSSR count). The molecule has 34 heavy (non-hydrogen) atoms. The molecule has 0 bridgehead atoms. The van der Waals surface area contributed by atoms with E-state index in [4.69, 9.17) is 9.47 Å². The lowest BCUT2D eigenvalue weighted by atomic mass is 9.96. The maximum atomic E-state index is 13.3. The number of benzene rings is 1. The van der Waals surface area contributed by atoms with E-state index in [-0.39, 0.29) is 24.0 Å². The molecule has 188 valence electrons. The topological polar surface area (TPSA) is 83.1 Å². The van der Waals surface area contributed by atoms with Gasteiger partial charge >= 0.3 is 6.03 Å². The molecule has 0 spiro atoms. The van der Waals surface area contributed by atoms with Crippen molar-refractivity contribution >= 4 is 11.9 Å². The van der Waals surface area contributed by atoms with Crippen molar-refractivity contribution < 1.29 is 19.1 Å². The molecule has 1 aliphatic carbocycles. The highest BCUT2D eigenvalue weighted by Crippen LogP contribution is 2.39. The average molecular weight is 473 g/mol. The Morgan fingerprint density at radius 1 is 0.882 bits per heavy atom. The number of ether oxygens (including phenoxy) is 2. The van der Waals surface area contributed by atoms with Gasteiger partial charge in [-0.3, -0.25) is 9.69 Å². The molecule has 0 aromatic heterocycles. The lowest BCUT2D eigenvalue weighted by Crippen LogP contribution is -2.51. The van der Waals surface area contributed by atoms with Crippen molar-refractivity contribution in [1.82, 2.24) is 20.4 Å². The molecule has 0 radical (unpaired) electrons. The summed E-state index contributed by atoms with van der Waals surface area (Å²) >= 11 is 0. The molecule has 8 heteroatoms. The van der Waals surface area contributed by atoms with Crippen LogP contribution in [0.5, 0.6) is 11.5 Å². The first-order chi connectivity index (χ1) is 16.6.